The number of para-hydroxylation sites is 1. The fourth-order valence-electron chi connectivity index (χ4n) is 3.35. The van der Waals surface area contributed by atoms with Crippen LogP contribution in [-0.4, -0.2) is 20.3 Å². The summed E-state index contributed by atoms with van der Waals surface area (Å²) in [6, 6.07) is 8.95. The number of ether oxygens (including phenoxy) is 1. The SMILES string of the molecule is CCc1nc2ccccc2c(C(=O)OCc2cc(=O)n3c(C)csc3n2)c1C. The van der Waals surface area contributed by atoms with Crippen molar-refractivity contribution in [2.24, 2.45) is 0 Å². The minimum Gasteiger partial charge on any atom is -0.456 e. The monoisotopic (exact) mass is 393 g/mol. The van der Waals surface area contributed by atoms with Crippen LogP contribution in [0.5, 0.6) is 0 Å². The van der Waals surface area contributed by atoms with Crippen LogP contribution >= 0.6 is 11.3 Å². The summed E-state index contributed by atoms with van der Waals surface area (Å²) in [6.45, 7) is 5.70. The van der Waals surface area contributed by atoms with Crippen LogP contribution in [0.15, 0.2) is 40.5 Å². The molecular weight excluding hydrogens is 374 g/mol. The van der Waals surface area contributed by atoms with E-state index in [9.17, 15) is 9.59 Å². The molecule has 3 aromatic heterocycles. The Bertz CT molecular complexity index is 1270. The molecule has 0 aliphatic rings. The largest absolute Gasteiger partial charge is 0.456 e. The van der Waals surface area contributed by atoms with Crippen molar-refractivity contribution in [3.63, 3.8) is 0 Å². The Labute approximate surface area is 165 Å². The number of aromatic nitrogens is 3. The predicted molar refractivity (Wildman–Crippen MR) is 109 cm³/mol. The van der Waals surface area contributed by atoms with Crippen LogP contribution in [0.3, 0.4) is 0 Å². The molecule has 0 saturated carbocycles. The lowest BCUT2D eigenvalue weighted by molar-refractivity contribution is 0.0469. The van der Waals surface area contributed by atoms with Crippen LogP contribution in [-0.2, 0) is 17.8 Å². The van der Waals surface area contributed by atoms with Gasteiger partial charge in [0.2, 0.25) is 0 Å². The number of aryl methyl sites for hydroxylation is 2. The number of hydrogen-bond donors (Lipinski definition) is 0. The number of thiazole rings is 1. The summed E-state index contributed by atoms with van der Waals surface area (Å²) in [5.41, 5.74) is 4.09. The molecule has 4 aromatic rings. The van der Waals surface area contributed by atoms with Gasteiger partial charge >= 0.3 is 5.97 Å². The highest BCUT2D eigenvalue weighted by molar-refractivity contribution is 7.15. The lowest BCUT2D eigenvalue weighted by Crippen LogP contribution is -2.17. The molecule has 0 N–H and O–H groups in total. The van der Waals surface area contributed by atoms with E-state index in [2.05, 4.69) is 9.97 Å². The van der Waals surface area contributed by atoms with Crippen molar-refractivity contribution in [3.05, 3.63) is 74.3 Å². The quantitative estimate of drug-likeness (QED) is 0.493. The summed E-state index contributed by atoms with van der Waals surface area (Å²) in [6.07, 6.45) is 0.726. The highest BCUT2D eigenvalue weighted by atomic mass is 32.1. The van der Waals surface area contributed by atoms with Gasteiger partial charge in [-0.3, -0.25) is 14.2 Å². The maximum Gasteiger partial charge on any atom is 0.339 e. The van der Waals surface area contributed by atoms with Crippen molar-refractivity contribution in [1.82, 2.24) is 14.4 Å². The Morgan fingerprint density at radius 2 is 2.00 bits per heavy atom. The number of nitrogens with zero attached hydrogens (tertiary/aromatic N) is 3. The molecule has 0 saturated heterocycles. The van der Waals surface area contributed by atoms with Crippen LogP contribution in [0.1, 0.15) is 39.9 Å². The molecule has 0 amide bonds. The second kappa shape index (κ2) is 7.16. The smallest absolute Gasteiger partial charge is 0.339 e. The van der Waals surface area contributed by atoms with Gasteiger partial charge in [0.15, 0.2) is 4.96 Å². The van der Waals surface area contributed by atoms with Gasteiger partial charge in [0, 0.05) is 28.2 Å². The van der Waals surface area contributed by atoms with Crippen molar-refractivity contribution in [2.75, 3.05) is 0 Å². The van der Waals surface area contributed by atoms with Crippen molar-refractivity contribution >= 4 is 33.2 Å². The third kappa shape index (κ3) is 3.07. The van der Waals surface area contributed by atoms with Crippen molar-refractivity contribution in [1.29, 1.82) is 0 Å². The second-order valence-electron chi connectivity index (χ2n) is 6.59. The molecule has 0 unspecified atom stereocenters. The molecule has 0 fully saturated rings. The Hall–Kier alpha value is -3.06. The number of hydrogen-bond acceptors (Lipinski definition) is 6. The zero-order valence-corrected chi connectivity index (χ0v) is 16.7. The number of esters is 1. The third-order valence-corrected chi connectivity index (χ3v) is 5.70. The summed E-state index contributed by atoms with van der Waals surface area (Å²) in [4.78, 5) is 34.9. The first-order valence-corrected chi connectivity index (χ1v) is 9.89. The number of fused-ring (bicyclic) bond motifs is 2. The molecular formula is C21H19N3O3S. The van der Waals surface area contributed by atoms with Gasteiger partial charge in [0.1, 0.15) is 6.61 Å². The molecule has 1 aromatic carbocycles. The van der Waals surface area contributed by atoms with Gasteiger partial charge in [-0.1, -0.05) is 25.1 Å². The van der Waals surface area contributed by atoms with E-state index in [4.69, 9.17) is 4.74 Å². The molecule has 0 bridgehead atoms. The average Bonchev–Trinajstić information content (AvgIpc) is 3.07. The lowest BCUT2D eigenvalue weighted by atomic mass is 10.0. The van der Waals surface area contributed by atoms with E-state index in [1.54, 1.807) is 4.40 Å². The minimum absolute atomic E-state index is 0.0565. The molecule has 0 atom stereocenters. The van der Waals surface area contributed by atoms with Crippen LogP contribution in [0.4, 0.5) is 0 Å². The van der Waals surface area contributed by atoms with Crippen molar-refractivity contribution < 1.29 is 9.53 Å². The van der Waals surface area contributed by atoms with Gasteiger partial charge in [0.05, 0.1) is 16.8 Å². The summed E-state index contributed by atoms with van der Waals surface area (Å²) in [5.74, 6) is -0.435. The van der Waals surface area contributed by atoms with Gasteiger partial charge < -0.3 is 4.74 Å². The molecule has 4 rings (SSSR count). The molecule has 0 aliphatic carbocycles. The first kappa shape index (κ1) is 18.3. The Morgan fingerprint density at radius 1 is 1.21 bits per heavy atom. The second-order valence-corrected chi connectivity index (χ2v) is 7.42. The van der Waals surface area contributed by atoms with Gasteiger partial charge in [-0.15, -0.1) is 11.3 Å². The van der Waals surface area contributed by atoms with E-state index in [0.29, 0.717) is 16.2 Å². The molecule has 0 aliphatic heterocycles. The molecule has 0 spiro atoms. The Morgan fingerprint density at radius 3 is 2.79 bits per heavy atom. The number of benzene rings is 1. The zero-order chi connectivity index (χ0) is 19.8. The molecule has 6 nitrogen and oxygen atoms in total. The van der Waals surface area contributed by atoms with E-state index in [1.807, 2.05) is 50.4 Å². The molecule has 142 valence electrons. The summed E-state index contributed by atoms with van der Waals surface area (Å²) >= 11 is 1.39. The molecule has 3 heterocycles. The highest BCUT2D eigenvalue weighted by Crippen LogP contribution is 2.24. The van der Waals surface area contributed by atoms with Gasteiger partial charge in [-0.25, -0.2) is 9.78 Å². The third-order valence-electron chi connectivity index (χ3n) is 4.76. The average molecular weight is 393 g/mol. The van der Waals surface area contributed by atoms with Crippen LogP contribution in [0.25, 0.3) is 15.9 Å². The minimum atomic E-state index is -0.435. The Balaban J connectivity index is 1.68. The Kier molecular flexibility index (Phi) is 4.68. The maximum absolute atomic E-state index is 12.9. The molecule has 28 heavy (non-hydrogen) atoms. The lowest BCUT2D eigenvalue weighted by Gasteiger charge is -2.13. The zero-order valence-electron chi connectivity index (χ0n) is 15.9. The van der Waals surface area contributed by atoms with Crippen LogP contribution in [0, 0.1) is 13.8 Å². The van der Waals surface area contributed by atoms with E-state index in [-0.39, 0.29) is 12.2 Å². The number of carbonyl (C=O) groups is 1. The summed E-state index contributed by atoms with van der Waals surface area (Å²) in [5, 5.41) is 2.64. The highest BCUT2D eigenvalue weighted by Gasteiger charge is 2.19. The van der Waals surface area contributed by atoms with Gasteiger partial charge in [0.25, 0.3) is 5.56 Å². The van der Waals surface area contributed by atoms with Gasteiger partial charge in [-0.05, 0) is 31.9 Å². The first-order chi connectivity index (χ1) is 13.5. The van der Waals surface area contributed by atoms with E-state index >= 15 is 0 Å². The van der Waals surface area contributed by atoms with Crippen LogP contribution < -0.4 is 5.56 Å². The summed E-state index contributed by atoms with van der Waals surface area (Å²) in [7, 11) is 0. The number of rotatable bonds is 4. The number of pyridine rings is 1. The first-order valence-electron chi connectivity index (χ1n) is 9.01. The maximum atomic E-state index is 12.9. The van der Waals surface area contributed by atoms with Gasteiger partial charge in [-0.2, -0.15) is 0 Å². The van der Waals surface area contributed by atoms with Crippen molar-refractivity contribution in [3.8, 4) is 0 Å². The van der Waals surface area contributed by atoms with Crippen molar-refractivity contribution in [2.45, 2.75) is 33.8 Å². The normalized spacial score (nSPS) is 11.2. The summed E-state index contributed by atoms with van der Waals surface area (Å²) < 4.78 is 7.09. The molecule has 7 heteroatoms. The fourth-order valence-corrected chi connectivity index (χ4v) is 4.24. The number of carbonyl (C=O) groups excluding carboxylic acids is 1. The standard InChI is InChI=1S/C21H19N3O3S/c1-4-16-13(3)19(15-7-5-6-8-17(15)23-16)20(26)27-10-14-9-18(25)24-12(2)11-28-21(24)22-14/h5-9,11H,4,10H2,1-3H3. The van der Waals surface area contributed by atoms with E-state index < -0.39 is 5.97 Å². The molecule has 0 radical (unpaired) electrons. The fraction of sp³-hybridized carbons (Fsp3) is 0.238. The van der Waals surface area contributed by atoms with Crippen LogP contribution in [0.2, 0.25) is 0 Å². The topological polar surface area (TPSA) is 73.6 Å². The van der Waals surface area contributed by atoms with E-state index in [0.717, 1.165) is 34.3 Å². The van der Waals surface area contributed by atoms with E-state index in [1.165, 1.54) is 17.4 Å². The predicted octanol–water partition coefficient (Wildman–Crippen LogP) is 3.84.